The van der Waals surface area contributed by atoms with Gasteiger partial charge in [0.25, 0.3) is 6.47 Å². The summed E-state index contributed by atoms with van der Waals surface area (Å²) in [6.07, 6.45) is 9.88. The fourth-order valence-electron chi connectivity index (χ4n) is 0.335. The number of carbonyl (C=O) groups is 1. The molecule has 0 aromatic carbocycles. The second kappa shape index (κ2) is 5.38. The van der Waals surface area contributed by atoms with Crippen molar-refractivity contribution in [3.8, 4) is 12.5 Å². The maximum Gasteiger partial charge on any atom is 0.290 e. The van der Waals surface area contributed by atoms with Crippen molar-refractivity contribution in [2.75, 3.05) is 0 Å². The summed E-state index contributed by atoms with van der Waals surface area (Å²) in [5.74, 6) is 0. The predicted octanol–water partition coefficient (Wildman–Crippen LogP) is 0.0227. The molecule has 0 spiro atoms. The Labute approximate surface area is 58.1 Å². The zero-order valence-corrected chi connectivity index (χ0v) is 5.14. The minimum atomic E-state index is -0.250. The number of nitrogens with zero attached hydrogens (tertiary/aromatic N) is 2. The first kappa shape index (κ1) is 8.24. The van der Waals surface area contributed by atoms with Crippen LogP contribution in [0.4, 0.5) is 0 Å². The quantitative estimate of drug-likeness (QED) is 0.406. The first-order valence-corrected chi connectivity index (χ1v) is 2.37. The fraction of sp³-hybridized carbons (Fsp3) is 0. The predicted molar refractivity (Wildman–Crippen MR) is 35.2 cm³/mol. The second-order valence-corrected chi connectivity index (χ2v) is 1.20. The van der Waals surface area contributed by atoms with Crippen LogP contribution in [0.25, 0.3) is 0 Å². The van der Waals surface area contributed by atoms with Gasteiger partial charge in [0.15, 0.2) is 0 Å². The summed E-state index contributed by atoms with van der Waals surface area (Å²) < 4.78 is 1.54. The molecule has 1 aromatic rings. The molecule has 0 unspecified atom stereocenters. The highest BCUT2D eigenvalue weighted by atomic mass is 16.3. The van der Waals surface area contributed by atoms with Gasteiger partial charge in [-0.3, -0.25) is 9.36 Å². The van der Waals surface area contributed by atoms with Crippen LogP contribution in [0.2, 0.25) is 0 Å². The van der Waals surface area contributed by atoms with E-state index in [1.54, 1.807) is 23.3 Å². The summed E-state index contributed by atoms with van der Waals surface area (Å²) in [4.78, 5) is 12.1. The van der Waals surface area contributed by atoms with Gasteiger partial charge in [0.2, 0.25) is 0 Å². The van der Waals surface area contributed by atoms with Crippen molar-refractivity contribution >= 4 is 6.47 Å². The molecule has 0 saturated heterocycles. The molecule has 0 amide bonds. The Kier molecular flexibility index (Phi) is 4.43. The van der Waals surface area contributed by atoms with Crippen LogP contribution in [-0.2, 0) is 4.79 Å². The number of carboxylic acid groups (broad SMARTS) is 1. The third-order valence-corrected chi connectivity index (χ3v) is 0.653. The van der Waals surface area contributed by atoms with Crippen LogP contribution in [0, 0.1) is 12.5 Å². The fourth-order valence-corrected chi connectivity index (χ4v) is 0.335. The highest BCUT2D eigenvalue weighted by molar-refractivity contribution is 5.32. The molecule has 4 nitrogen and oxygen atoms in total. The molecule has 0 atom stereocenters. The summed E-state index contributed by atoms with van der Waals surface area (Å²) in [6, 6.07) is 2.36. The number of terminal acetylenes is 1. The molecule has 0 aliphatic heterocycles. The van der Waals surface area contributed by atoms with Gasteiger partial charge in [0.05, 0.1) is 0 Å². The molecular formula is C6H6N2O2. The summed E-state index contributed by atoms with van der Waals surface area (Å²) in [5.41, 5.74) is 0. The van der Waals surface area contributed by atoms with Crippen molar-refractivity contribution in [3.05, 3.63) is 18.7 Å². The van der Waals surface area contributed by atoms with Gasteiger partial charge in [-0.1, -0.05) is 6.42 Å². The summed E-state index contributed by atoms with van der Waals surface area (Å²) in [5, 5.41) is 6.89. The molecule has 0 radical (unpaired) electrons. The van der Waals surface area contributed by atoms with E-state index in [0.717, 1.165) is 0 Å². The third-order valence-electron chi connectivity index (χ3n) is 0.653. The van der Waals surface area contributed by atoms with E-state index >= 15 is 0 Å². The van der Waals surface area contributed by atoms with Crippen LogP contribution in [-0.4, -0.2) is 21.1 Å². The Morgan fingerprint density at radius 1 is 1.80 bits per heavy atom. The number of hydrogen-bond acceptors (Lipinski definition) is 2. The monoisotopic (exact) mass is 138 g/mol. The smallest absolute Gasteiger partial charge is 0.290 e. The molecule has 1 rings (SSSR count). The topological polar surface area (TPSA) is 55.1 Å². The van der Waals surface area contributed by atoms with Crippen LogP contribution < -0.4 is 0 Å². The minimum absolute atomic E-state index is 0.250. The van der Waals surface area contributed by atoms with Crippen LogP contribution in [0.1, 0.15) is 0 Å². The van der Waals surface area contributed by atoms with Crippen molar-refractivity contribution < 1.29 is 9.90 Å². The largest absolute Gasteiger partial charge is 0.483 e. The van der Waals surface area contributed by atoms with Gasteiger partial charge in [-0.15, -0.1) is 0 Å². The first-order valence-electron chi connectivity index (χ1n) is 2.37. The number of hydrogen-bond donors (Lipinski definition) is 1. The first-order chi connectivity index (χ1) is 4.85. The average Bonchev–Trinajstić information content (AvgIpc) is 2.39. The lowest BCUT2D eigenvalue weighted by molar-refractivity contribution is -0.122. The van der Waals surface area contributed by atoms with E-state index in [1.807, 2.05) is 0 Å². The zero-order valence-electron chi connectivity index (χ0n) is 5.14. The Balaban J connectivity index is 0.000000236. The molecule has 1 N–H and O–H groups in total. The van der Waals surface area contributed by atoms with Crippen molar-refractivity contribution in [1.82, 2.24) is 9.55 Å². The Morgan fingerprint density at radius 3 is 2.60 bits per heavy atom. The van der Waals surface area contributed by atoms with Crippen molar-refractivity contribution in [1.29, 1.82) is 0 Å². The van der Waals surface area contributed by atoms with Gasteiger partial charge in [-0.2, -0.15) is 0 Å². The molecule has 52 valence electrons. The van der Waals surface area contributed by atoms with Gasteiger partial charge in [-0.25, -0.2) is 4.98 Å². The molecular weight excluding hydrogens is 132 g/mol. The SMILES string of the molecule is C#Cn1ccnc1.O=CO. The van der Waals surface area contributed by atoms with Gasteiger partial charge in [-0.05, 0) is 0 Å². The molecule has 1 aromatic heterocycles. The Morgan fingerprint density at radius 2 is 2.40 bits per heavy atom. The molecule has 10 heavy (non-hydrogen) atoms. The van der Waals surface area contributed by atoms with E-state index in [-0.39, 0.29) is 6.47 Å². The average molecular weight is 138 g/mol. The van der Waals surface area contributed by atoms with Gasteiger partial charge >= 0.3 is 0 Å². The van der Waals surface area contributed by atoms with E-state index in [1.165, 1.54) is 0 Å². The van der Waals surface area contributed by atoms with Gasteiger partial charge < -0.3 is 5.11 Å². The maximum absolute atomic E-state index is 8.36. The Hall–Kier alpha value is -1.76. The van der Waals surface area contributed by atoms with Crippen LogP contribution in [0.3, 0.4) is 0 Å². The maximum atomic E-state index is 8.36. The summed E-state index contributed by atoms with van der Waals surface area (Å²) in [6.45, 7) is -0.250. The lowest BCUT2D eigenvalue weighted by atomic mass is 10.9. The summed E-state index contributed by atoms with van der Waals surface area (Å²) >= 11 is 0. The van der Waals surface area contributed by atoms with E-state index in [2.05, 4.69) is 11.0 Å². The Bertz CT molecular complexity index is 210. The molecule has 0 aliphatic rings. The summed E-state index contributed by atoms with van der Waals surface area (Å²) in [7, 11) is 0. The highest BCUT2D eigenvalue weighted by Gasteiger charge is 1.73. The van der Waals surface area contributed by atoms with Crippen LogP contribution in [0.5, 0.6) is 0 Å². The number of rotatable bonds is 0. The molecule has 0 bridgehead atoms. The normalized spacial score (nSPS) is 6.70. The van der Waals surface area contributed by atoms with E-state index in [0.29, 0.717) is 0 Å². The lowest BCUT2D eigenvalue weighted by Gasteiger charge is -1.76. The standard InChI is InChI=1S/C5H4N2.CH2O2/c1-2-7-4-3-6-5-7;2-1-3/h1,3-5H;1H,(H,2,3). The molecule has 0 aliphatic carbocycles. The third kappa shape index (κ3) is 3.27. The molecule has 0 fully saturated rings. The van der Waals surface area contributed by atoms with Gasteiger partial charge in [0, 0.05) is 18.4 Å². The minimum Gasteiger partial charge on any atom is -0.483 e. The van der Waals surface area contributed by atoms with E-state index < -0.39 is 0 Å². The number of aromatic nitrogens is 2. The van der Waals surface area contributed by atoms with Crippen molar-refractivity contribution in [3.63, 3.8) is 0 Å². The lowest BCUT2D eigenvalue weighted by Crippen LogP contribution is -1.77. The molecule has 4 heteroatoms. The van der Waals surface area contributed by atoms with Gasteiger partial charge in [0.1, 0.15) is 6.33 Å². The van der Waals surface area contributed by atoms with Crippen molar-refractivity contribution in [2.45, 2.75) is 0 Å². The highest BCUT2D eigenvalue weighted by Crippen LogP contribution is 1.76. The molecule has 0 saturated carbocycles. The van der Waals surface area contributed by atoms with E-state index in [4.69, 9.17) is 16.3 Å². The molecule has 1 heterocycles. The van der Waals surface area contributed by atoms with Crippen molar-refractivity contribution in [2.24, 2.45) is 0 Å². The van der Waals surface area contributed by atoms with Crippen LogP contribution in [0.15, 0.2) is 18.7 Å². The van der Waals surface area contributed by atoms with E-state index in [9.17, 15) is 0 Å². The van der Waals surface area contributed by atoms with Crippen LogP contribution >= 0.6 is 0 Å². The second-order valence-electron chi connectivity index (χ2n) is 1.20. The number of imidazole rings is 1. The zero-order chi connectivity index (χ0) is 7.82.